The lowest BCUT2D eigenvalue weighted by molar-refractivity contribution is -0.113. The molecule has 0 saturated heterocycles. The molecule has 0 bridgehead atoms. The SMILES string of the molecule is CCCCn1c(SCC(=O)Nc2ccccc2OC(F)F)nnc1[C@H](CC)N(C)C. The molecule has 0 fully saturated rings. The Labute approximate surface area is 180 Å². The summed E-state index contributed by atoms with van der Waals surface area (Å²) < 4.78 is 31.6. The number of thioether (sulfide) groups is 1. The zero-order valence-electron chi connectivity index (χ0n) is 17.8. The van der Waals surface area contributed by atoms with E-state index in [0.29, 0.717) is 5.16 Å². The van der Waals surface area contributed by atoms with Crippen molar-refractivity contribution in [2.45, 2.75) is 57.5 Å². The van der Waals surface area contributed by atoms with E-state index in [1.54, 1.807) is 12.1 Å². The first-order chi connectivity index (χ1) is 14.4. The second kappa shape index (κ2) is 11.8. The summed E-state index contributed by atoms with van der Waals surface area (Å²) in [6.07, 6.45) is 2.90. The van der Waals surface area contributed by atoms with E-state index >= 15 is 0 Å². The first-order valence-corrected chi connectivity index (χ1v) is 10.9. The summed E-state index contributed by atoms with van der Waals surface area (Å²) in [4.78, 5) is 14.5. The highest BCUT2D eigenvalue weighted by molar-refractivity contribution is 7.99. The maximum absolute atomic E-state index is 12.5. The fraction of sp³-hybridized carbons (Fsp3) is 0.550. The van der Waals surface area contributed by atoms with Crippen molar-refractivity contribution in [3.8, 4) is 5.75 Å². The number of unbranched alkanes of at least 4 members (excludes halogenated alkanes) is 1. The molecule has 0 aliphatic rings. The molecule has 1 aromatic heterocycles. The van der Waals surface area contributed by atoms with Crippen LogP contribution in [-0.2, 0) is 11.3 Å². The van der Waals surface area contributed by atoms with Crippen LogP contribution in [0.3, 0.4) is 0 Å². The molecule has 166 valence electrons. The summed E-state index contributed by atoms with van der Waals surface area (Å²) in [6.45, 7) is 2.03. The summed E-state index contributed by atoms with van der Waals surface area (Å²) in [5.41, 5.74) is 0.204. The molecule has 0 aliphatic carbocycles. The molecule has 0 saturated carbocycles. The van der Waals surface area contributed by atoms with E-state index < -0.39 is 6.61 Å². The predicted molar refractivity (Wildman–Crippen MR) is 114 cm³/mol. The van der Waals surface area contributed by atoms with Crippen molar-refractivity contribution in [3.63, 3.8) is 0 Å². The van der Waals surface area contributed by atoms with Crippen molar-refractivity contribution in [2.24, 2.45) is 0 Å². The Bertz CT molecular complexity index is 816. The van der Waals surface area contributed by atoms with Crippen molar-refractivity contribution in [1.82, 2.24) is 19.7 Å². The van der Waals surface area contributed by atoms with Crippen LogP contribution in [0.4, 0.5) is 14.5 Å². The third-order valence-electron chi connectivity index (χ3n) is 4.50. The summed E-state index contributed by atoms with van der Waals surface area (Å²) in [5, 5.41) is 12.0. The van der Waals surface area contributed by atoms with Gasteiger partial charge in [-0.3, -0.25) is 9.69 Å². The fourth-order valence-electron chi connectivity index (χ4n) is 3.04. The topological polar surface area (TPSA) is 72.3 Å². The summed E-state index contributed by atoms with van der Waals surface area (Å²) >= 11 is 1.27. The van der Waals surface area contributed by atoms with Gasteiger partial charge >= 0.3 is 6.61 Å². The fourth-order valence-corrected chi connectivity index (χ4v) is 3.81. The van der Waals surface area contributed by atoms with Crippen LogP contribution in [-0.4, -0.2) is 52.0 Å². The maximum Gasteiger partial charge on any atom is 0.387 e. The third kappa shape index (κ3) is 6.66. The van der Waals surface area contributed by atoms with Gasteiger partial charge < -0.3 is 14.6 Å². The van der Waals surface area contributed by atoms with E-state index in [1.165, 1.54) is 23.9 Å². The van der Waals surface area contributed by atoms with Gasteiger partial charge in [-0.2, -0.15) is 8.78 Å². The Morgan fingerprint density at radius 2 is 2.00 bits per heavy atom. The quantitative estimate of drug-likeness (QED) is 0.492. The van der Waals surface area contributed by atoms with E-state index in [9.17, 15) is 13.6 Å². The summed E-state index contributed by atoms with van der Waals surface area (Å²) in [5.74, 6) is 0.550. The number of nitrogens with zero attached hydrogens (tertiary/aromatic N) is 4. The number of nitrogens with one attached hydrogen (secondary N) is 1. The van der Waals surface area contributed by atoms with Gasteiger partial charge in [0.25, 0.3) is 0 Å². The number of alkyl halides is 2. The molecule has 2 rings (SSSR count). The number of hydrogen-bond acceptors (Lipinski definition) is 6. The molecule has 1 aromatic carbocycles. The second-order valence-electron chi connectivity index (χ2n) is 6.95. The van der Waals surface area contributed by atoms with Crippen LogP contribution in [0.2, 0.25) is 0 Å². The number of carbonyl (C=O) groups is 1. The van der Waals surface area contributed by atoms with Gasteiger partial charge in [0.1, 0.15) is 5.75 Å². The van der Waals surface area contributed by atoms with Gasteiger partial charge in [-0.25, -0.2) is 0 Å². The number of ether oxygens (including phenoxy) is 1. The van der Waals surface area contributed by atoms with Gasteiger partial charge in [0, 0.05) is 6.54 Å². The van der Waals surface area contributed by atoms with Gasteiger partial charge in [0.2, 0.25) is 5.91 Å². The van der Waals surface area contributed by atoms with Crippen LogP contribution >= 0.6 is 11.8 Å². The summed E-state index contributed by atoms with van der Waals surface area (Å²) in [7, 11) is 4.01. The minimum Gasteiger partial charge on any atom is -0.433 e. The minimum atomic E-state index is -2.96. The van der Waals surface area contributed by atoms with E-state index in [1.807, 2.05) is 14.1 Å². The Morgan fingerprint density at radius 1 is 1.27 bits per heavy atom. The zero-order chi connectivity index (χ0) is 22.1. The number of para-hydroxylation sites is 2. The monoisotopic (exact) mass is 441 g/mol. The molecule has 0 unspecified atom stereocenters. The molecule has 0 radical (unpaired) electrons. The molecule has 7 nitrogen and oxygen atoms in total. The summed E-state index contributed by atoms with van der Waals surface area (Å²) in [6, 6.07) is 6.24. The lowest BCUT2D eigenvalue weighted by atomic mass is 10.2. The Morgan fingerprint density at radius 3 is 2.63 bits per heavy atom. The normalized spacial score (nSPS) is 12.4. The first-order valence-electron chi connectivity index (χ1n) is 9.93. The van der Waals surface area contributed by atoms with Crippen LogP contribution < -0.4 is 10.1 Å². The standard InChI is InChI=1S/C20H29F2N5O2S/c1-5-7-12-27-18(15(6-2)26(3)4)24-25-20(27)30-13-17(28)23-14-10-8-9-11-16(14)29-19(21)22/h8-11,15,19H,5-7,12-13H2,1-4H3,(H,23,28)/t15-/m0/s1. The third-order valence-corrected chi connectivity index (χ3v) is 5.47. The molecule has 0 spiro atoms. The number of aromatic nitrogens is 3. The minimum absolute atomic E-state index is 0.0731. The number of anilines is 1. The molecule has 30 heavy (non-hydrogen) atoms. The maximum atomic E-state index is 12.5. The van der Waals surface area contributed by atoms with Gasteiger partial charge in [-0.05, 0) is 39.1 Å². The molecular formula is C20H29F2N5O2S. The van der Waals surface area contributed by atoms with Crippen molar-refractivity contribution < 1.29 is 18.3 Å². The zero-order valence-corrected chi connectivity index (χ0v) is 18.6. The molecule has 1 N–H and O–H groups in total. The van der Waals surface area contributed by atoms with Gasteiger partial charge in [-0.1, -0.05) is 44.2 Å². The molecule has 1 amide bonds. The Hall–Kier alpha value is -2.20. The Balaban J connectivity index is 2.10. The lowest BCUT2D eigenvalue weighted by Crippen LogP contribution is -2.23. The number of amides is 1. The average molecular weight is 442 g/mol. The van der Waals surface area contributed by atoms with Crippen LogP contribution in [0, 0.1) is 0 Å². The molecule has 1 heterocycles. The average Bonchev–Trinajstić information content (AvgIpc) is 3.08. The number of benzene rings is 1. The highest BCUT2D eigenvalue weighted by Crippen LogP contribution is 2.28. The largest absolute Gasteiger partial charge is 0.433 e. The van der Waals surface area contributed by atoms with Gasteiger partial charge in [0.05, 0.1) is 17.5 Å². The lowest BCUT2D eigenvalue weighted by Gasteiger charge is -2.23. The second-order valence-corrected chi connectivity index (χ2v) is 7.89. The highest BCUT2D eigenvalue weighted by Gasteiger charge is 2.22. The molecule has 10 heteroatoms. The van der Waals surface area contributed by atoms with Gasteiger partial charge in [0.15, 0.2) is 11.0 Å². The first kappa shape index (κ1) is 24.1. The van der Waals surface area contributed by atoms with Crippen molar-refractivity contribution in [1.29, 1.82) is 0 Å². The van der Waals surface area contributed by atoms with E-state index in [0.717, 1.165) is 31.6 Å². The van der Waals surface area contributed by atoms with Crippen molar-refractivity contribution in [3.05, 3.63) is 30.1 Å². The highest BCUT2D eigenvalue weighted by atomic mass is 32.2. The Kier molecular flexibility index (Phi) is 9.51. The van der Waals surface area contributed by atoms with E-state index in [2.05, 4.69) is 43.6 Å². The number of rotatable bonds is 12. The molecule has 2 aromatic rings. The van der Waals surface area contributed by atoms with Crippen LogP contribution in [0.1, 0.15) is 45.0 Å². The number of halogens is 2. The molecule has 1 atom stereocenters. The van der Waals surface area contributed by atoms with Crippen LogP contribution in [0.25, 0.3) is 0 Å². The van der Waals surface area contributed by atoms with E-state index in [4.69, 9.17) is 0 Å². The van der Waals surface area contributed by atoms with Gasteiger partial charge in [-0.15, -0.1) is 10.2 Å². The predicted octanol–water partition coefficient (Wildman–Crippen LogP) is 4.42. The molecular weight excluding hydrogens is 412 g/mol. The van der Waals surface area contributed by atoms with Crippen molar-refractivity contribution in [2.75, 3.05) is 25.2 Å². The number of hydrogen-bond donors (Lipinski definition) is 1. The van der Waals surface area contributed by atoms with Crippen LogP contribution in [0.15, 0.2) is 29.4 Å². The smallest absolute Gasteiger partial charge is 0.387 e. The number of carbonyl (C=O) groups excluding carboxylic acids is 1. The molecule has 0 aliphatic heterocycles. The van der Waals surface area contributed by atoms with Crippen LogP contribution in [0.5, 0.6) is 5.75 Å². The van der Waals surface area contributed by atoms with E-state index in [-0.39, 0.29) is 29.1 Å². The van der Waals surface area contributed by atoms with Crippen molar-refractivity contribution >= 4 is 23.4 Å².